The van der Waals surface area contributed by atoms with Crippen LogP contribution in [0.25, 0.3) is 0 Å². The molecule has 1 heterocycles. The number of hydrogen-bond donors (Lipinski definition) is 2. The first-order valence-corrected chi connectivity index (χ1v) is 10.5. The second-order valence-electron chi connectivity index (χ2n) is 6.31. The Labute approximate surface area is 176 Å². The van der Waals surface area contributed by atoms with Gasteiger partial charge in [-0.15, -0.1) is 11.3 Å². The van der Waals surface area contributed by atoms with E-state index in [0.29, 0.717) is 33.5 Å². The van der Waals surface area contributed by atoms with Crippen LogP contribution in [0.2, 0.25) is 5.02 Å². The van der Waals surface area contributed by atoms with E-state index in [1.54, 1.807) is 11.6 Å². The molecule has 4 nitrogen and oxygen atoms in total. The zero-order chi connectivity index (χ0) is 20.1. The van der Waals surface area contributed by atoms with E-state index in [1.807, 2.05) is 30.4 Å². The van der Waals surface area contributed by atoms with Gasteiger partial charge in [0.25, 0.3) is 0 Å². The van der Waals surface area contributed by atoms with E-state index in [1.165, 1.54) is 29.5 Å². The third kappa shape index (κ3) is 5.35. The van der Waals surface area contributed by atoms with Gasteiger partial charge in [0.05, 0.1) is 21.1 Å². The zero-order valence-electron chi connectivity index (χ0n) is 15.3. The maximum atomic E-state index is 14.5. The normalized spacial score (nSPS) is 11.1. The van der Waals surface area contributed by atoms with Crippen molar-refractivity contribution in [3.63, 3.8) is 0 Å². The molecule has 0 saturated carbocycles. The fourth-order valence-electron chi connectivity index (χ4n) is 2.59. The molecule has 0 fully saturated rings. The number of hydrogen-bond acceptors (Lipinski definition) is 6. The molecule has 0 bridgehead atoms. The topological polar surface area (TPSA) is 40.2 Å². The monoisotopic (exact) mass is 440 g/mol. The Morgan fingerprint density at radius 3 is 2.75 bits per heavy atom. The van der Waals surface area contributed by atoms with Crippen LogP contribution in [0.4, 0.5) is 20.3 Å². The molecule has 2 aromatic carbocycles. The highest BCUT2D eigenvalue weighted by Gasteiger charge is 2.13. The first-order chi connectivity index (χ1) is 13.4. The Balaban J connectivity index is 1.72. The molecular formula is C19H19ClF2N4S2. The molecule has 0 amide bonds. The second-order valence-corrected chi connectivity index (χ2v) is 8.28. The Bertz CT molecular complexity index is 936. The lowest BCUT2D eigenvalue weighted by molar-refractivity contribution is 0.399. The molecule has 9 heteroatoms. The summed E-state index contributed by atoms with van der Waals surface area (Å²) in [6.07, 6.45) is 0. The number of nitrogens with zero attached hydrogens (tertiary/aromatic N) is 2. The van der Waals surface area contributed by atoms with Gasteiger partial charge in [-0.05, 0) is 49.8 Å². The van der Waals surface area contributed by atoms with Crippen molar-refractivity contribution in [1.29, 1.82) is 0 Å². The van der Waals surface area contributed by atoms with Gasteiger partial charge < -0.3 is 14.9 Å². The average Bonchev–Trinajstić information content (AvgIpc) is 3.15. The van der Waals surface area contributed by atoms with E-state index in [-0.39, 0.29) is 12.4 Å². The molecule has 0 aliphatic carbocycles. The first-order valence-electron chi connectivity index (χ1n) is 8.39. The minimum Gasteiger partial charge on any atom is -0.380 e. The van der Waals surface area contributed by atoms with E-state index in [0.717, 1.165) is 17.5 Å². The van der Waals surface area contributed by atoms with E-state index in [9.17, 15) is 8.78 Å². The lowest BCUT2D eigenvalue weighted by Crippen LogP contribution is -2.14. The number of rotatable bonds is 8. The lowest BCUT2D eigenvalue weighted by Gasteiger charge is -2.17. The van der Waals surface area contributed by atoms with Gasteiger partial charge in [0, 0.05) is 24.0 Å². The van der Waals surface area contributed by atoms with Crippen LogP contribution < -0.4 is 10.0 Å². The molecule has 3 rings (SSSR count). The molecule has 0 aliphatic rings. The zero-order valence-corrected chi connectivity index (χ0v) is 17.7. The maximum absolute atomic E-state index is 14.5. The number of nitrogens with one attached hydrogen (secondary N) is 2. The van der Waals surface area contributed by atoms with Crippen LogP contribution in [-0.2, 0) is 13.1 Å². The van der Waals surface area contributed by atoms with E-state index in [4.69, 9.17) is 11.6 Å². The Morgan fingerprint density at radius 2 is 2.04 bits per heavy atom. The van der Waals surface area contributed by atoms with Crippen molar-refractivity contribution < 1.29 is 8.78 Å². The molecule has 0 atom stereocenters. The fraction of sp³-hybridized carbons (Fsp3) is 0.211. The van der Waals surface area contributed by atoms with Crippen LogP contribution in [0.3, 0.4) is 0 Å². The summed E-state index contributed by atoms with van der Waals surface area (Å²) < 4.78 is 31.7. The van der Waals surface area contributed by atoms with Crippen molar-refractivity contribution in [1.82, 2.24) is 9.88 Å². The molecular weight excluding hydrogens is 422 g/mol. The van der Waals surface area contributed by atoms with Crippen LogP contribution in [0.1, 0.15) is 11.1 Å². The summed E-state index contributed by atoms with van der Waals surface area (Å²) in [5.74, 6) is -0.0783. The summed E-state index contributed by atoms with van der Waals surface area (Å²) >= 11 is 8.85. The van der Waals surface area contributed by atoms with Gasteiger partial charge in [-0.25, -0.2) is 13.8 Å². The van der Waals surface area contributed by atoms with E-state index >= 15 is 0 Å². The van der Waals surface area contributed by atoms with E-state index in [2.05, 4.69) is 15.0 Å². The maximum Gasteiger partial charge on any atom is 0.147 e. The van der Waals surface area contributed by atoms with Crippen LogP contribution in [-0.4, -0.2) is 24.0 Å². The number of thiazole rings is 1. The SMILES string of the molecule is CN(C)Cc1cccc(F)c1CNc1cc(F)c(SNc2cscn2)cc1Cl. The van der Waals surface area contributed by atoms with Crippen LogP contribution in [0, 0.1) is 11.6 Å². The third-order valence-corrected chi connectivity index (χ3v) is 5.62. The van der Waals surface area contributed by atoms with Crippen molar-refractivity contribution >= 4 is 46.4 Å². The van der Waals surface area contributed by atoms with Gasteiger partial charge in [0.15, 0.2) is 0 Å². The largest absolute Gasteiger partial charge is 0.380 e. The predicted molar refractivity (Wildman–Crippen MR) is 114 cm³/mol. The molecule has 0 aliphatic heterocycles. The van der Waals surface area contributed by atoms with Gasteiger partial charge in [-0.3, -0.25) is 0 Å². The molecule has 0 spiro atoms. The molecule has 148 valence electrons. The molecule has 2 N–H and O–H groups in total. The third-order valence-electron chi connectivity index (χ3n) is 3.88. The van der Waals surface area contributed by atoms with Crippen LogP contribution >= 0.6 is 34.9 Å². The highest BCUT2D eigenvalue weighted by molar-refractivity contribution is 8.00. The van der Waals surface area contributed by atoms with E-state index < -0.39 is 5.82 Å². The molecule has 3 aromatic rings. The van der Waals surface area contributed by atoms with Crippen LogP contribution in [0.15, 0.2) is 46.1 Å². The number of anilines is 2. The Kier molecular flexibility index (Phi) is 7.12. The average molecular weight is 441 g/mol. The quantitative estimate of drug-likeness (QED) is 0.429. The number of benzene rings is 2. The lowest BCUT2D eigenvalue weighted by atomic mass is 10.1. The van der Waals surface area contributed by atoms with Gasteiger partial charge in [0.2, 0.25) is 0 Å². The van der Waals surface area contributed by atoms with Crippen molar-refractivity contribution in [2.45, 2.75) is 18.0 Å². The summed E-state index contributed by atoms with van der Waals surface area (Å²) in [6, 6.07) is 7.84. The highest BCUT2D eigenvalue weighted by atomic mass is 35.5. The van der Waals surface area contributed by atoms with Crippen molar-refractivity contribution in [2.75, 3.05) is 24.1 Å². The second kappa shape index (κ2) is 9.56. The molecule has 1 aromatic heterocycles. The van der Waals surface area contributed by atoms with Gasteiger partial charge in [0.1, 0.15) is 17.5 Å². The summed E-state index contributed by atoms with van der Waals surface area (Å²) in [6.45, 7) is 0.813. The van der Waals surface area contributed by atoms with Crippen molar-refractivity contribution in [3.05, 3.63) is 69.0 Å². The summed E-state index contributed by atoms with van der Waals surface area (Å²) in [5.41, 5.74) is 3.51. The van der Waals surface area contributed by atoms with Gasteiger partial charge in [-0.1, -0.05) is 23.7 Å². The highest BCUT2D eigenvalue weighted by Crippen LogP contribution is 2.32. The smallest absolute Gasteiger partial charge is 0.147 e. The van der Waals surface area contributed by atoms with Crippen molar-refractivity contribution in [2.24, 2.45) is 0 Å². The summed E-state index contributed by atoms with van der Waals surface area (Å²) in [5, 5.41) is 5.23. The minimum atomic E-state index is -0.429. The molecule has 28 heavy (non-hydrogen) atoms. The van der Waals surface area contributed by atoms with Crippen LogP contribution in [0.5, 0.6) is 0 Å². The fourth-order valence-corrected chi connectivity index (χ4v) is 4.10. The summed E-state index contributed by atoms with van der Waals surface area (Å²) in [7, 11) is 3.84. The molecule has 0 radical (unpaired) electrons. The Morgan fingerprint density at radius 1 is 1.21 bits per heavy atom. The van der Waals surface area contributed by atoms with Gasteiger partial charge in [-0.2, -0.15) is 0 Å². The first kappa shape index (κ1) is 20.9. The summed E-state index contributed by atoms with van der Waals surface area (Å²) in [4.78, 5) is 6.39. The van der Waals surface area contributed by atoms with Gasteiger partial charge >= 0.3 is 0 Å². The molecule has 0 unspecified atom stereocenters. The minimum absolute atomic E-state index is 0.207. The Hall–Kier alpha value is -1.87. The standard InChI is InChI=1S/C19H19ClF2N4S2/c1-26(2)9-12-4-3-5-15(21)13(12)8-23-17-7-16(22)18(6-14(17)20)28-25-19-10-27-11-24-19/h3-7,10-11,23,25H,8-9H2,1-2H3. The van der Waals surface area contributed by atoms with Crippen molar-refractivity contribution in [3.8, 4) is 0 Å². The predicted octanol–water partition coefficient (Wildman–Crippen LogP) is 5.87. The number of halogens is 3. The molecule has 0 saturated heterocycles. The number of aromatic nitrogens is 1.